The van der Waals surface area contributed by atoms with Crippen molar-refractivity contribution < 1.29 is 0 Å². The van der Waals surface area contributed by atoms with Crippen LogP contribution in [0, 0.1) is 13.8 Å². The molecule has 0 saturated heterocycles. The minimum Gasteiger partial charge on any atom is -0.375 e. The number of thiocarbonyl (C=S) groups is 1. The van der Waals surface area contributed by atoms with Gasteiger partial charge in [0.05, 0.1) is 6.54 Å². The Morgan fingerprint density at radius 3 is 2.21 bits per heavy atom. The molecule has 0 saturated carbocycles. The summed E-state index contributed by atoms with van der Waals surface area (Å²) in [5, 5.41) is 1.58. The van der Waals surface area contributed by atoms with Crippen molar-refractivity contribution in [3.05, 3.63) is 34.9 Å². The van der Waals surface area contributed by atoms with E-state index in [1.165, 1.54) is 16.1 Å². The zero-order valence-electron chi connectivity index (χ0n) is 8.45. The van der Waals surface area contributed by atoms with Crippen LogP contribution in [0.2, 0.25) is 0 Å². The first-order chi connectivity index (χ1) is 6.49. The number of nitrogens with two attached hydrogens (primary N) is 2. The number of hydrogen-bond acceptors (Lipinski definition) is 2. The van der Waals surface area contributed by atoms with Crippen LogP contribution in [0.25, 0.3) is 0 Å². The van der Waals surface area contributed by atoms with Crippen molar-refractivity contribution in [1.82, 2.24) is 5.01 Å². The third-order valence-corrected chi connectivity index (χ3v) is 2.15. The number of benzene rings is 1. The summed E-state index contributed by atoms with van der Waals surface area (Å²) < 4.78 is 0. The zero-order valence-corrected chi connectivity index (χ0v) is 9.27. The van der Waals surface area contributed by atoms with Crippen molar-refractivity contribution in [3.8, 4) is 0 Å². The maximum atomic E-state index is 5.62. The van der Waals surface area contributed by atoms with Gasteiger partial charge < -0.3 is 5.73 Å². The molecule has 0 aliphatic carbocycles. The highest BCUT2D eigenvalue weighted by atomic mass is 32.1. The molecule has 76 valence electrons. The third-order valence-electron chi connectivity index (χ3n) is 1.92. The summed E-state index contributed by atoms with van der Waals surface area (Å²) in [6, 6.07) is 6.27. The number of hydrazine groups is 1. The Bertz CT molecular complexity index is 329. The lowest BCUT2D eigenvalue weighted by Crippen LogP contribution is -2.40. The van der Waals surface area contributed by atoms with Crippen molar-refractivity contribution in [1.29, 1.82) is 0 Å². The van der Waals surface area contributed by atoms with E-state index in [1.807, 2.05) is 0 Å². The van der Waals surface area contributed by atoms with Crippen LogP contribution in [0.1, 0.15) is 16.7 Å². The molecule has 0 aromatic heterocycles. The second-order valence-corrected chi connectivity index (χ2v) is 3.88. The lowest BCUT2D eigenvalue weighted by molar-refractivity contribution is 0.437. The van der Waals surface area contributed by atoms with Gasteiger partial charge in [0.25, 0.3) is 0 Å². The Morgan fingerprint density at radius 1 is 1.29 bits per heavy atom. The summed E-state index contributed by atoms with van der Waals surface area (Å²) in [6.07, 6.45) is 0. The molecule has 0 fully saturated rings. The molecular formula is C10H15N3S. The monoisotopic (exact) mass is 209 g/mol. The Hall–Kier alpha value is -1.13. The molecule has 0 aliphatic heterocycles. The molecule has 0 heterocycles. The highest BCUT2D eigenvalue weighted by Gasteiger charge is 2.02. The quantitative estimate of drug-likeness (QED) is 0.437. The van der Waals surface area contributed by atoms with E-state index >= 15 is 0 Å². The van der Waals surface area contributed by atoms with Crippen molar-refractivity contribution in [2.45, 2.75) is 20.4 Å². The van der Waals surface area contributed by atoms with Crippen LogP contribution in [-0.4, -0.2) is 10.1 Å². The van der Waals surface area contributed by atoms with Crippen LogP contribution < -0.4 is 11.6 Å². The summed E-state index contributed by atoms with van der Waals surface area (Å²) in [4.78, 5) is 0. The van der Waals surface area contributed by atoms with Gasteiger partial charge in [0.15, 0.2) is 5.11 Å². The SMILES string of the molecule is Cc1cc(C)cc(CN(N)C(N)=S)c1. The maximum absolute atomic E-state index is 5.62. The van der Waals surface area contributed by atoms with Crippen molar-refractivity contribution in [3.63, 3.8) is 0 Å². The fourth-order valence-electron chi connectivity index (χ4n) is 1.43. The first-order valence-electron chi connectivity index (χ1n) is 4.38. The first-order valence-corrected chi connectivity index (χ1v) is 4.78. The van der Waals surface area contributed by atoms with Crippen LogP contribution >= 0.6 is 12.2 Å². The molecule has 4 N–H and O–H groups in total. The van der Waals surface area contributed by atoms with Gasteiger partial charge >= 0.3 is 0 Å². The van der Waals surface area contributed by atoms with Crippen LogP contribution in [0.5, 0.6) is 0 Å². The second-order valence-electron chi connectivity index (χ2n) is 3.46. The molecule has 0 bridgehead atoms. The van der Waals surface area contributed by atoms with Crippen molar-refractivity contribution in [2.24, 2.45) is 11.6 Å². The number of nitrogens with zero attached hydrogens (tertiary/aromatic N) is 1. The number of rotatable bonds is 2. The topological polar surface area (TPSA) is 55.3 Å². The van der Waals surface area contributed by atoms with Gasteiger partial charge in [-0.1, -0.05) is 29.3 Å². The molecule has 1 aromatic rings. The molecule has 0 unspecified atom stereocenters. The van der Waals surface area contributed by atoms with Gasteiger partial charge in [0, 0.05) is 0 Å². The Kier molecular flexibility index (Phi) is 3.43. The second kappa shape index (κ2) is 4.39. The lowest BCUT2D eigenvalue weighted by atomic mass is 10.1. The predicted octanol–water partition coefficient (Wildman–Crippen LogP) is 1.22. The molecule has 0 spiro atoms. The molecule has 4 heteroatoms. The summed E-state index contributed by atoms with van der Waals surface area (Å²) in [5.41, 5.74) is 8.95. The fourth-order valence-corrected chi connectivity index (χ4v) is 1.50. The van der Waals surface area contributed by atoms with E-state index in [0.29, 0.717) is 6.54 Å². The van der Waals surface area contributed by atoms with Gasteiger partial charge in [-0.25, -0.2) is 5.84 Å². The fraction of sp³-hybridized carbons (Fsp3) is 0.300. The lowest BCUT2D eigenvalue weighted by Gasteiger charge is -2.16. The summed E-state index contributed by atoms with van der Waals surface area (Å²) in [6.45, 7) is 4.66. The molecule has 1 aromatic carbocycles. The average molecular weight is 209 g/mol. The Balaban J connectivity index is 2.81. The minimum atomic E-state index is 0.212. The average Bonchev–Trinajstić information content (AvgIpc) is 2.01. The minimum absolute atomic E-state index is 0.212. The molecule has 14 heavy (non-hydrogen) atoms. The van der Waals surface area contributed by atoms with Gasteiger partial charge in [0.2, 0.25) is 0 Å². The van der Waals surface area contributed by atoms with E-state index in [2.05, 4.69) is 32.0 Å². The molecular weight excluding hydrogens is 194 g/mol. The van der Waals surface area contributed by atoms with Crippen LogP contribution in [-0.2, 0) is 6.54 Å². The molecule has 3 nitrogen and oxygen atoms in total. The van der Waals surface area contributed by atoms with E-state index in [0.717, 1.165) is 5.56 Å². The number of hydrogen-bond donors (Lipinski definition) is 2. The molecule has 0 atom stereocenters. The summed E-state index contributed by atoms with van der Waals surface area (Å²) in [7, 11) is 0. The molecule has 0 amide bonds. The van der Waals surface area contributed by atoms with E-state index in [9.17, 15) is 0 Å². The molecule has 1 rings (SSSR count). The number of aryl methyl sites for hydroxylation is 2. The van der Waals surface area contributed by atoms with E-state index in [-0.39, 0.29) is 5.11 Å². The Morgan fingerprint density at radius 2 is 1.79 bits per heavy atom. The smallest absolute Gasteiger partial charge is 0.180 e. The normalized spacial score (nSPS) is 9.93. The van der Waals surface area contributed by atoms with Crippen LogP contribution in [0.4, 0.5) is 0 Å². The van der Waals surface area contributed by atoms with E-state index in [1.54, 1.807) is 0 Å². The Labute approximate surface area is 89.7 Å². The highest BCUT2D eigenvalue weighted by Crippen LogP contribution is 2.09. The van der Waals surface area contributed by atoms with Crippen LogP contribution in [0.15, 0.2) is 18.2 Å². The van der Waals surface area contributed by atoms with Gasteiger partial charge in [-0.3, -0.25) is 5.01 Å². The van der Waals surface area contributed by atoms with Gasteiger partial charge in [-0.05, 0) is 31.6 Å². The third kappa shape index (κ3) is 2.97. The highest BCUT2D eigenvalue weighted by molar-refractivity contribution is 7.80. The summed E-state index contributed by atoms with van der Waals surface area (Å²) in [5.74, 6) is 5.62. The van der Waals surface area contributed by atoms with Crippen molar-refractivity contribution in [2.75, 3.05) is 0 Å². The molecule has 0 radical (unpaired) electrons. The predicted molar refractivity (Wildman–Crippen MR) is 62.4 cm³/mol. The standard InChI is InChI=1S/C10H15N3S/c1-7-3-8(2)5-9(4-7)6-13(12)10(11)14/h3-5H,6,12H2,1-2H3,(H2,11,14). The van der Waals surface area contributed by atoms with E-state index < -0.39 is 0 Å². The van der Waals surface area contributed by atoms with Crippen LogP contribution in [0.3, 0.4) is 0 Å². The van der Waals surface area contributed by atoms with Gasteiger partial charge in [-0.2, -0.15) is 0 Å². The zero-order chi connectivity index (χ0) is 10.7. The van der Waals surface area contributed by atoms with Gasteiger partial charge in [0.1, 0.15) is 0 Å². The maximum Gasteiger partial charge on any atom is 0.180 e. The largest absolute Gasteiger partial charge is 0.375 e. The van der Waals surface area contributed by atoms with Gasteiger partial charge in [-0.15, -0.1) is 0 Å². The molecule has 0 aliphatic rings. The first kappa shape index (κ1) is 10.9. The summed E-state index contributed by atoms with van der Waals surface area (Å²) >= 11 is 4.76. The van der Waals surface area contributed by atoms with Crippen molar-refractivity contribution >= 4 is 17.3 Å². The van der Waals surface area contributed by atoms with E-state index in [4.69, 9.17) is 23.8 Å².